The van der Waals surface area contributed by atoms with E-state index in [0.29, 0.717) is 16.3 Å². The number of carboxylic acids is 1. The summed E-state index contributed by atoms with van der Waals surface area (Å²) < 4.78 is 5.78. The summed E-state index contributed by atoms with van der Waals surface area (Å²) >= 11 is 5.91. The summed E-state index contributed by atoms with van der Waals surface area (Å²) in [5.41, 5.74) is 2.38. The van der Waals surface area contributed by atoms with Gasteiger partial charge >= 0.3 is 5.97 Å². The maximum Gasteiger partial charge on any atom is 0.347 e. The lowest BCUT2D eigenvalue weighted by molar-refractivity contribution is -0.152. The molecule has 30 heavy (non-hydrogen) atoms. The normalized spacial score (nSPS) is 13.6. The highest BCUT2D eigenvalue weighted by atomic mass is 35.5. The van der Waals surface area contributed by atoms with Gasteiger partial charge in [0.1, 0.15) is 5.75 Å². The van der Waals surface area contributed by atoms with Crippen LogP contribution in [0.25, 0.3) is 0 Å². The second-order valence-electron chi connectivity index (χ2n) is 8.65. The molecule has 2 rings (SSSR count). The number of aryl methyl sites for hydroxylation is 3. The van der Waals surface area contributed by atoms with Crippen molar-refractivity contribution in [3.8, 4) is 5.75 Å². The molecule has 2 aromatic rings. The van der Waals surface area contributed by atoms with Crippen molar-refractivity contribution in [3.05, 3.63) is 63.7 Å². The van der Waals surface area contributed by atoms with E-state index >= 15 is 0 Å². The van der Waals surface area contributed by atoms with Gasteiger partial charge in [-0.3, -0.25) is 4.79 Å². The number of halogens is 1. The smallest absolute Gasteiger partial charge is 0.347 e. The first-order valence-electron chi connectivity index (χ1n) is 10.2. The van der Waals surface area contributed by atoms with Crippen LogP contribution in [0.3, 0.4) is 0 Å². The quantitative estimate of drug-likeness (QED) is 0.475. The van der Waals surface area contributed by atoms with Crippen molar-refractivity contribution < 1.29 is 19.4 Å². The molecule has 0 aliphatic heterocycles. The molecule has 0 aromatic heterocycles. The maximum atomic E-state index is 12.7. The van der Waals surface area contributed by atoms with Crippen LogP contribution in [0.2, 0.25) is 5.02 Å². The predicted octanol–water partition coefficient (Wildman–Crippen LogP) is 6.29. The SMILES string of the molecule is Cc1cc(CC[C@@H](C)[C@H](C)C(=O)c2ccc(Cl)cc2)cc(C)c1OC(C)(C)C(=O)O. The fourth-order valence-corrected chi connectivity index (χ4v) is 3.55. The summed E-state index contributed by atoms with van der Waals surface area (Å²) in [4.78, 5) is 24.1. The van der Waals surface area contributed by atoms with Gasteiger partial charge < -0.3 is 9.84 Å². The third kappa shape index (κ3) is 5.85. The van der Waals surface area contributed by atoms with Crippen LogP contribution in [-0.4, -0.2) is 22.5 Å². The van der Waals surface area contributed by atoms with E-state index in [9.17, 15) is 14.7 Å². The summed E-state index contributed by atoms with van der Waals surface area (Å²) in [6.45, 7) is 11.0. The lowest BCUT2D eigenvalue weighted by Gasteiger charge is -2.25. The Morgan fingerprint density at radius 2 is 1.60 bits per heavy atom. The summed E-state index contributed by atoms with van der Waals surface area (Å²) in [6, 6.07) is 11.1. The number of aliphatic carboxylic acids is 1. The molecule has 2 aromatic carbocycles. The van der Waals surface area contributed by atoms with Gasteiger partial charge in [-0.2, -0.15) is 0 Å². The van der Waals surface area contributed by atoms with Gasteiger partial charge in [-0.1, -0.05) is 37.6 Å². The average Bonchev–Trinajstić information content (AvgIpc) is 2.68. The van der Waals surface area contributed by atoms with E-state index in [0.717, 1.165) is 29.5 Å². The third-order valence-corrected chi connectivity index (χ3v) is 5.93. The van der Waals surface area contributed by atoms with Crippen LogP contribution in [0, 0.1) is 25.7 Å². The Labute approximate surface area is 184 Å². The van der Waals surface area contributed by atoms with Crippen LogP contribution in [0.1, 0.15) is 61.2 Å². The lowest BCUT2D eigenvalue weighted by atomic mass is 9.84. The van der Waals surface area contributed by atoms with E-state index in [1.54, 1.807) is 38.1 Å². The number of carboxylic acid groups (broad SMARTS) is 1. The molecule has 0 saturated heterocycles. The van der Waals surface area contributed by atoms with E-state index in [1.807, 2.05) is 32.9 Å². The van der Waals surface area contributed by atoms with Gasteiger partial charge in [-0.15, -0.1) is 0 Å². The molecule has 4 nitrogen and oxygen atoms in total. The Morgan fingerprint density at radius 1 is 1.07 bits per heavy atom. The van der Waals surface area contributed by atoms with Crippen LogP contribution < -0.4 is 4.74 Å². The molecule has 1 N–H and O–H groups in total. The molecule has 0 heterocycles. The molecule has 0 aliphatic carbocycles. The number of carbonyl (C=O) groups excluding carboxylic acids is 1. The van der Waals surface area contributed by atoms with Gasteiger partial charge in [-0.25, -0.2) is 4.79 Å². The number of rotatable bonds is 9. The first kappa shape index (κ1) is 23.9. The number of ether oxygens (including phenoxy) is 1. The number of carbonyl (C=O) groups is 2. The molecular weight excluding hydrogens is 400 g/mol. The molecule has 0 aliphatic rings. The first-order chi connectivity index (χ1) is 13.9. The number of hydrogen-bond donors (Lipinski definition) is 1. The zero-order chi connectivity index (χ0) is 22.6. The van der Waals surface area contributed by atoms with Gasteiger partial charge in [0, 0.05) is 16.5 Å². The van der Waals surface area contributed by atoms with Crippen LogP contribution in [-0.2, 0) is 11.2 Å². The minimum Gasteiger partial charge on any atom is -0.478 e. The Balaban J connectivity index is 2.05. The highest BCUT2D eigenvalue weighted by Gasteiger charge is 2.30. The summed E-state index contributed by atoms with van der Waals surface area (Å²) in [5.74, 6) is -0.127. The van der Waals surface area contributed by atoms with Crippen LogP contribution in [0.4, 0.5) is 0 Å². The molecule has 5 heteroatoms. The molecule has 0 bridgehead atoms. The Morgan fingerprint density at radius 3 is 2.10 bits per heavy atom. The second-order valence-corrected chi connectivity index (χ2v) is 9.09. The molecule has 0 spiro atoms. The predicted molar refractivity (Wildman–Crippen MR) is 121 cm³/mol. The highest BCUT2D eigenvalue weighted by molar-refractivity contribution is 6.30. The average molecular weight is 431 g/mol. The van der Waals surface area contributed by atoms with Crippen molar-refractivity contribution in [2.75, 3.05) is 0 Å². The van der Waals surface area contributed by atoms with Crippen LogP contribution >= 0.6 is 11.6 Å². The maximum absolute atomic E-state index is 12.7. The van der Waals surface area contributed by atoms with E-state index < -0.39 is 11.6 Å². The summed E-state index contributed by atoms with van der Waals surface area (Å²) in [6.07, 6.45) is 1.71. The number of ketones is 1. The Bertz CT molecular complexity index is 892. The van der Waals surface area contributed by atoms with E-state index in [4.69, 9.17) is 16.3 Å². The monoisotopic (exact) mass is 430 g/mol. The van der Waals surface area contributed by atoms with Crippen molar-refractivity contribution in [1.29, 1.82) is 0 Å². The topological polar surface area (TPSA) is 63.6 Å². The van der Waals surface area contributed by atoms with Crippen molar-refractivity contribution >= 4 is 23.4 Å². The van der Waals surface area contributed by atoms with Gasteiger partial charge in [-0.05, 0) is 87.4 Å². The van der Waals surface area contributed by atoms with Gasteiger partial charge in [0.2, 0.25) is 0 Å². The van der Waals surface area contributed by atoms with Crippen LogP contribution in [0.15, 0.2) is 36.4 Å². The van der Waals surface area contributed by atoms with Crippen molar-refractivity contribution in [1.82, 2.24) is 0 Å². The van der Waals surface area contributed by atoms with Crippen LogP contribution in [0.5, 0.6) is 5.75 Å². The fraction of sp³-hybridized carbons (Fsp3) is 0.440. The lowest BCUT2D eigenvalue weighted by Crippen LogP contribution is -2.38. The number of hydrogen-bond acceptors (Lipinski definition) is 3. The highest BCUT2D eigenvalue weighted by Crippen LogP contribution is 2.30. The number of Topliss-reactive ketones (excluding diaryl/α,β-unsaturated/α-hetero) is 1. The molecule has 0 unspecified atom stereocenters. The van der Waals surface area contributed by atoms with Crippen molar-refractivity contribution in [2.45, 2.75) is 60.0 Å². The third-order valence-electron chi connectivity index (χ3n) is 5.68. The molecule has 0 fully saturated rings. The molecule has 2 atom stereocenters. The minimum absolute atomic E-state index is 0.0904. The van der Waals surface area contributed by atoms with E-state index in [1.165, 1.54) is 0 Å². The molecule has 0 amide bonds. The van der Waals surface area contributed by atoms with Gasteiger partial charge in [0.25, 0.3) is 0 Å². The van der Waals surface area contributed by atoms with Gasteiger partial charge in [0.15, 0.2) is 11.4 Å². The molecule has 0 radical (unpaired) electrons. The summed E-state index contributed by atoms with van der Waals surface area (Å²) in [7, 11) is 0. The summed E-state index contributed by atoms with van der Waals surface area (Å²) in [5, 5.41) is 9.94. The molecule has 0 saturated carbocycles. The minimum atomic E-state index is -1.29. The van der Waals surface area contributed by atoms with Crippen molar-refractivity contribution in [3.63, 3.8) is 0 Å². The Kier molecular flexibility index (Phi) is 7.70. The molecular formula is C25H31ClO4. The van der Waals surface area contributed by atoms with Gasteiger partial charge in [0.05, 0.1) is 0 Å². The zero-order valence-electron chi connectivity index (χ0n) is 18.6. The zero-order valence-corrected chi connectivity index (χ0v) is 19.3. The fourth-order valence-electron chi connectivity index (χ4n) is 3.42. The number of benzene rings is 2. The molecule has 162 valence electrons. The Hall–Kier alpha value is -2.33. The van der Waals surface area contributed by atoms with E-state index in [2.05, 4.69) is 6.92 Å². The first-order valence-corrected chi connectivity index (χ1v) is 10.6. The van der Waals surface area contributed by atoms with Crippen molar-refractivity contribution in [2.24, 2.45) is 11.8 Å². The second kappa shape index (κ2) is 9.65. The largest absolute Gasteiger partial charge is 0.478 e. The van der Waals surface area contributed by atoms with E-state index in [-0.39, 0.29) is 17.6 Å². The standard InChI is InChI=1S/C25H31ClO4/c1-15(18(4)22(27)20-9-11-21(26)12-10-20)7-8-19-13-16(2)23(17(3)14-19)30-25(5,6)24(28)29/h9-15,18H,7-8H2,1-6H3,(H,28,29)/t15-,18+/m1/s1.